The van der Waals surface area contributed by atoms with Crippen molar-refractivity contribution in [2.24, 2.45) is 0 Å². The molecule has 6 heteroatoms. The molecule has 0 amide bonds. The zero-order valence-electron chi connectivity index (χ0n) is 10.7. The highest BCUT2D eigenvalue weighted by atomic mass is 79.9. The molecule has 0 fully saturated rings. The SMILES string of the molecule is Fc1cc(Br)c2nc(-c3nnc4ccccn34)ccc2c1. The number of aromatic nitrogens is 4. The van der Waals surface area contributed by atoms with Gasteiger partial charge in [-0.2, -0.15) is 0 Å². The van der Waals surface area contributed by atoms with Crippen molar-refractivity contribution in [3.8, 4) is 11.5 Å². The highest BCUT2D eigenvalue weighted by molar-refractivity contribution is 9.10. The second-order valence-electron chi connectivity index (χ2n) is 4.61. The van der Waals surface area contributed by atoms with Gasteiger partial charge in [0.15, 0.2) is 11.5 Å². The predicted molar refractivity (Wildman–Crippen MR) is 81.4 cm³/mol. The highest BCUT2D eigenvalue weighted by Crippen LogP contribution is 2.26. The second-order valence-corrected chi connectivity index (χ2v) is 5.46. The smallest absolute Gasteiger partial charge is 0.187 e. The Labute approximate surface area is 127 Å². The minimum atomic E-state index is -0.295. The molecule has 4 rings (SSSR count). The minimum Gasteiger partial charge on any atom is -0.281 e. The maximum Gasteiger partial charge on any atom is 0.187 e. The van der Waals surface area contributed by atoms with Gasteiger partial charge < -0.3 is 0 Å². The van der Waals surface area contributed by atoms with Crippen LogP contribution in [0.4, 0.5) is 4.39 Å². The van der Waals surface area contributed by atoms with E-state index in [0.717, 1.165) is 11.0 Å². The first-order chi connectivity index (χ1) is 10.2. The molecule has 1 aromatic carbocycles. The molecule has 4 nitrogen and oxygen atoms in total. The molecule has 0 aliphatic carbocycles. The average Bonchev–Trinajstić information content (AvgIpc) is 2.91. The number of hydrogen-bond acceptors (Lipinski definition) is 3. The first-order valence-electron chi connectivity index (χ1n) is 6.28. The fraction of sp³-hybridized carbons (Fsp3) is 0. The van der Waals surface area contributed by atoms with Crippen LogP contribution in [0.2, 0.25) is 0 Å². The standard InChI is InChI=1S/C15H8BrFN4/c16-11-8-10(17)7-9-4-5-12(18-14(9)11)15-20-19-13-3-1-2-6-21(13)15/h1-8H. The summed E-state index contributed by atoms with van der Waals surface area (Å²) in [6, 6.07) is 12.2. The Morgan fingerprint density at radius 2 is 1.95 bits per heavy atom. The van der Waals surface area contributed by atoms with Crippen LogP contribution < -0.4 is 0 Å². The molecule has 4 aromatic rings. The van der Waals surface area contributed by atoms with Crippen molar-refractivity contribution in [3.05, 3.63) is 59.0 Å². The highest BCUT2D eigenvalue weighted by Gasteiger charge is 2.11. The molecule has 0 saturated carbocycles. The predicted octanol–water partition coefficient (Wildman–Crippen LogP) is 3.85. The lowest BCUT2D eigenvalue weighted by atomic mass is 10.2. The molecule has 102 valence electrons. The van der Waals surface area contributed by atoms with Crippen LogP contribution in [0.3, 0.4) is 0 Å². The summed E-state index contributed by atoms with van der Waals surface area (Å²) in [5.41, 5.74) is 2.14. The number of pyridine rings is 2. The van der Waals surface area contributed by atoms with Crippen LogP contribution in [0.1, 0.15) is 0 Å². The lowest BCUT2D eigenvalue weighted by molar-refractivity contribution is 0.629. The summed E-state index contributed by atoms with van der Waals surface area (Å²) in [4.78, 5) is 4.57. The van der Waals surface area contributed by atoms with Gasteiger partial charge in [0.25, 0.3) is 0 Å². The minimum absolute atomic E-state index is 0.295. The van der Waals surface area contributed by atoms with Crippen LogP contribution >= 0.6 is 15.9 Å². The Bertz CT molecular complexity index is 980. The lowest BCUT2D eigenvalue weighted by Crippen LogP contribution is -1.93. The molecule has 0 aliphatic rings. The number of benzene rings is 1. The van der Waals surface area contributed by atoms with Crippen molar-refractivity contribution >= 4 is 32.5 Å². The molecule has 21 heavy (non-hydrogen) atoms. The zero-order valence-corrected chi connectivity index (χ0v) is 12.2. The molecular weight excluding hydrogens is 335 g/mol. The third-order valence-electron chi connectivity index (χ3n) is 3.25. The number of nitrogens with zero attached hydrogens (tertiary/aromatic N) is 4. The third-order valence-corrected chi connectivity index (χ3v) is 3.86. The zero-order chi connectivity index (χ0) is 14.4. The van der Waals surface area contributed by atoms with Gasteiger partial charge in [0.1, 0.15) is 11.5 Å². The Balaban J connectivity index is 1.99. The van der Waals surface area contributed by atoms with Gasteiger partial charge >= 0.3 is 0 Å². The first kappa shape index (κ1) is 12.4. The van der Waals surface area contributed by atoms with Crippen LogP contribution in [-0.4, -0.2) is 19.6 Å². The van der Waals surface area contributed by atoms with Gasteiger partial charge in [-0.3, -0.25) is 4.40 Å². The Hall–Kier alpha value is -2.34. The molecule has 0 spiro atoms. The summed E-state index contributed by atoms with van der Waals surface area (Å²) in [6.07, 6.45) is 1.89. The molecule has 3 aromatic heterocycles. The molecule has 0 bridgehead atoms. The molecule has 0 N–H and O–H groups in total. The summed E-state index contributed by atoms with van der Waals surface area (Å²) < 4.78 is 15.9. The molecule has 0 unspecified atom stereocenters. The van der Waals surface area contributed by atoms with Crippen LogP contribution in [0.5, 0.6) is 0 Å². The van der Waals surface area contributed by atoms with E-state index in [1.165, 1.54) is 12.1 Å². The quantitative estimate of drug-likeness (QED) is 0.527. The van der Waals surface area contributed by atoms with Gasteiger partial charge in [0, 0.05) is 16.1 Å². The van der Waals surface area contributed by atoms with Crippen LogP contribution in [-0.2, 0) is 0 Å². The van der Waals surface area contributed by atoms with E-state index in [0.29, 0.717) is 21.5 Å². The molecule has 0 radical (unpaired) electrons. The van der Waals surface area contributed by atoms with Crippen molar-refractivity contribution in [1.82, 2.24) is 19.6 Å². The molecular formula is C15H8BrFN4. The number of hydrogen-bond donors (Lipinski definition) is 0. The Morgan fingerprint density at radius 1 is 1.05 bits per heavy atom. The maximum atomic E-state index is 13.4. The summed E-state index contributed by atoms with van der Waals surface area (Å²) in [7, 11) is 0. The van der Waals surface area contributed by atoms with E-state index in [4.69, 9.17) is 0 Å². The third kappa shape index (κ3) is 1.99. The largest absolute Gasteiger partial charge is 0.281 e. The van der Waals surface area contributed by atoms with Gasteiger partial charge in [-0.15, -0.1) is 10.2 Å². The van der Waals surface area contributed by atoms with E-state index in [1.54, 1.807) is 0 Å². The number of rotatable bonds is 1. The molecule has 0 atom stereocenters. The van der Waals surface area contributed by atoms with E-state index in [9.17, 15) is 4.39 Å². The lowest BCUT2D eigenvalue weighted by Gasteiger charge is -2.04. The van der Waals surface area contributed by atoms with Gasteiger partial charge in [-0.25, -0.2) is 9.37 Å². The second kappa shape index (κ2) is 4.60. The Morgan fingerprint density at radius 3 is 2.86 bits per heavy atom. The van der Waals surface area contributed by atoms with E-state index in [2.05, 4.69) is 31.1 Å². The Kier molecular flexibility index (Phi) is 2.71. The van der Waals surface area contributed by atoms with Gasteiger partial charge in [0.05, 0.1) is 5.52 Å². The van der Waals surface area contributed by atoms with E-state index >= 15 is 0 Å². The molecule has 0 aliphatic heterocycles. The van der Waals surface area contributed by atoms with Crippen molar-refractivity contribution in [2.75, 3.05) is 0 Å². The van der Waals surface area contributed by atoms with Crippen molar-refractivity contribution in [3.63, 3.8) is 0 Å². The fourth-order valence-electron chi connectivity index (χ4n) is 2.30. The van der Waals surface area contributed by atoms with Crippen LogP contribution in [0.15, 0.2) is 53.1 Å². The van der Waals surface area contributed by atoms with E-state index in [1.807, 2.05) is 40.9 Å². The topological polar surface area (TPSA) is 43.1 Å². The van der Waals surface area contributed by atoms with Crippen molar-refractivity contribution < 1.29 is 4.39 Å². The van der Waals surface area contributed by atoms with Crippen LogP contribution in [0, 0.1) is 5.82 Å². The van der Waals surface area contributed by atoms with Crippen molar-refractivity contribution in [2.45, 2.75) is 0 Å². The van der Waals surface area contributed by atoms with E-state index < -0.39 is 0 Å². The normalized spacial score (nSPS) is 11.3. The summed E-state index contributed by atoms with van der Waals surface area (Å²) in [5.74, 6) is 0.362. The van der Waals surface area contributed by atoms with Crippen molar-refractivity contribution in [1.29, 1.82) is 0 Å². The van der Waals surface area contributed by atoms with Gasteiger partial charge in [-0.05, 0) is 46.3 Å². The van der Waals surface area contributed by atoms with Gasteiger partial charge in [-0.1, -0.05) is 12.1 Å². The van der Waals surface area contributed by atoms with Gasteiger partial charge in [0.2, 0.25) is 0 Å². The summed E-state index contributed by atoms with van der Waals surface area (Å²) >= 11 is 3.35. The number of fused-ring (bicyclic) bond motifs is 2. The van der Waals surface area contributed by atoms with E-state index in [-0.39, 0.29) is 5.82 Å². The first-order valence-corrected chi connectivity index (χ1v) is 7.07. The molecule has 3 heterocycles. The summed E-state index contributed by atoms with van der Waals surface area (Å²) in [5, 5.41) is 9.03. The monoisotopic (exact) mass is 342 g/mol. The maximum absolute atomic E-state index is 13.4. The summed E-state index contributed by atoms with van der Waals surface area (Å²) in [6.45, 7) is 0. The fourth-order valence-corrected chi connectivity index (χ4v) is 2.83. The number of halogens is 2. The van der Waals surface area contributed by atoms with Crippen LogP contribution in [0.25, 0.3) is 28.1 Å². The molecule has 0 saturated heterocycles. The average molecular weight is 343 g/mol.